The Bertz CT molecular complexity index is 600. The van der Waals surface area contributed by atoms with Crippen molar-refractivity contribution in [2.24, 2.45) is 0 Å². The number of pyridine rings is 1. The summed E-state index contributed by atoms with van der Waals surface area (Å²) in [6.07, 6.45) is 4.33. The average Bonchev–Trinajstić information content (AvgIpc) is 2.44. The molecule has 21 heavy (non-hydrogen) atoms. The normalized spacial score (nSPS) is 10.2. The van der Waals surface area contributed by atoms with E-state index < -0.39 is 0 Å². The monoisotopic (exact) mass is 283 g/mol. The van der Waals surface area contributed by atoms with Crippen molar-refractivity contribution in [3.8, 4) is 0 Å². The summed E-state index contributed by atoms with van der Waals surface area (Å²) in [5.74, 6) is 0. The van der Waals surface area contributed by atoms with Gasteiger partial charge in [-0.3, -0.25) is 4.98 Å². The van der Waals surface area contributed by atoms with E-state index in [-0.39, 0.29) is 6.03 Å². The third-order valence-corrected chi connectivity index (χ3v) is 3.34. The minimum Gasteiger partial charge on any atom is -0.338 e. The van der Waals surface area contributed by atoms with Gasteiger partial charge in [-0.1, -0.05) is 23.8 Å². The van der Waals surface area contributed by atoms with Crippen LogP contribution in [0.2, 0.25) is 0 Å². The van der Waals surface area contributed by atoms with Crippen molar-refractivity contribution < 1.29 is 4.79 Å². The molecule has 0 saturated carbocycles. The van der Waals surface area contributed by atoms with Crippen LogP contribution in [0.15, 0.2) is 36.7 Å². The third kappa shape index (κ3) is 4.31. The van der Waals surface area contributed by atoms with Crippen molar-refractivity contribution in [1.29, 1.82) is 0 Å². The molecule has 0 aliphatic carbocycles. The molecule has 0 atom stereocenters. The predicted molar refractivity (Wildman–Crippen MR) is 85.6 cm³/mol. The minimum absolute atomic E-state index is 0.172. The van der Waals surface area contributed by atoms with Gasteiger partial charge in [0.1, 0.15) is 0 Å². The molecule has 0 fully saturated rings. The average molecular weight is 283 g/mol. The van der Waals surface area contributed by atoms with Gasteiger partial charge < -0.3 is 10.6 Å². The largest absolute Gasteiger partial charge is 0.338 e. The summed E-state index contributed by atoms with van der Waals surface area (Å²) < 4.78 is 0. The fourth-order valence-electron chi connectivity index (χ4n) is 2.40. The SMILES string of the molecule is Cc1cc(C)c(NC(=O)NCCc2cccnc2)c(C)c1. The summed E-state index contributed by atoms with van der Waals surface area (Å²) >= 11 is 0. The second-order valence-electron chi connectivity index (χ2n) is 5.27. The lowest BCUT2D eigenvalue weighted by molar-refractivity contribution is 0.252. The van der Waals surface area contributed by atoms with Crippen LogP contribution in [0.5, 0.6) is 0 Å². The summed E-state index contributed by atoms with van der Waals surface area (Å²) in [5.41, 5.74) is 5.36. The van der Waals surface area contributed by atoms with Crippen molar-refractivity contribution in [2.75, 3.05) is 11.9 Å². The number of anilines is 1. The number of aryl methyl sites for hydroxylation is 3. The first-order valence-electron chi connectivity index (χ1n) is 7.08. The molecule has 0 aliphatic heterocycles. The molecule has 4 heteroatoms. The van der Waals surface area contributed by atoms with E-state index in [1.165, 1.54) is 5.56 Å². The van der Waals surface area contributed by atoms with E-state index in [9.17, 15) is 4.79 Å². The number of hydrogen-bond acceptors (Lipinski definition) is 2. The number of nitrogens with zero attached hydrogens (tertiary/aromatic N) is 1. The molecular weight excluding hydrogens is 262 g/mol. The minimum atomic E-state index is -0.172. The molecule has 1 aromatic heterocycles. The topological polar surface area (TPSA) is 54.0 Å². The van der Waals surface area contributed by atoms with E-state index >= 15 is 0 Å². The number of carbonyl (C=O) groups is 1. The molecule has 2 amide bonds. The number of rotatable bonds is 4. The summed E-state index contributed by atoms with van der Waals surface area (Å²) in [6, 6.07) is 7.86. The van der Waals surface area contributed by atoms with Crippen LogP contribution in [0.1, 0.15) is 22.3 Å². The van der Waals surface area contributed by atoms with E-state index in [4.69, 9.17) is 0 Å². The maximum Gasteiger partial charge on any atom is 0.319 e. The van der Waals surface area contributed by atoms with Gasteiger partial charge in [-0.05, 0) is 49.9 Å². The molecule has 110 valence electrons. The first kappa shape index (κ1) is 15.0. The lowest BCUT2D eigenvalue weighted by atomic mass is 10.1. The summed E-state index contributed by atoms with van der Waals surface area (Å²) in [6.45, 7) is 6.65. The van der Waals surface area contributed by atoms with Gasteiger partial charge in [-0.2, -0.15) is 0 Å². The van der Waals surface area contributed by atoms with Crippen LogP contribution in [0.4, 0.5) is 10.5 Å². The van der Waals surface area contributed by atoms with Crippen molar-refractivity contribution >= 4 is 11.7 Å². The van der Waals surface area contributed by atoms with Gasteiger partial charge in [-0.15, -0.1) is 0 Å². The Morgan fingerprint density at radius 2 is 1.90 bits per heavy atom. The van der Waals surface area contributed by atoms with E-state index in [2.05, 4.69) is 34.7 Å². The fraction of sp³-hybridized carbons (Fsp3) is 0.294. The van der Waals surface area contributed by atoms with Crippen LogP contribution in [-0.2, 0) is 6.42 Å². The summed E-state index contributed by atoms with van der Waals surface area (Å²) in [7, 11) is 0. The van der Waals surface area contributed by atoms with E-state index in [1.807, 2.05) is 32.2 Å². The highest BCUT2D eigenvalue weighted by atomic mass is 16.2. The Morgan fingerprint density at radius 1 is 1.19 bits per heavy atom. The first-order valence-corrected chi connectivity index (χ1v) is 7.08. The standard InChI is InChI=1S/C17H21N3O/c1-12-9-13(2)16(14(3)10-12)20-17(21)19-8-6-15-5-4-7-18-11-15/h4-5,7,9-11H,6,8H2,1-3H3,(H2,19,20,21). The third-order valence-electron chi connectivity index (χ3n) is 3.34. The molecule has 0 spiro atoms. The van der Waals surface area contributed by atoms with E-state index in [0.717, 1.165) is 28.8 Å². The number of nitrogens with one attached hydrogen (secondary N) is 2. The highest BCUT2D eigenvalue weighted by Crippen LogP contribution is 2.21. The number of carbonyl (C=O) groups excluding carboxylic acids is 1. The maximum absolute atomic E-state index is 12.0. The van der Waals surface area contributed by atoms with Gasteiger partial charge >= 0.3 is 6.03 Å². The number of benzene rings is 1. The molecule has 1 heterocycles. The second-order valence-corrected chi connectivity index (χ2v) is 5.27. The number of urea groups is 1. The number of amides is 2. The molecule has 4 nitrogen and oxygen atoms in total. The first-order chi connectivity index (χ1) is 10.1. The zero-order valence-electron chi connectivity index (χ0n) is 12.7. The highest BCUT2D eigenvalue weighted by Gasteiger charge is 2.07. The van der Waals surface area contributed by atoms with Crippen molar-refractivity contribution in [3.63, 3.8) is 0 Å². The van der Waals surface area contributed by atoms with Gasteiger partial charge in [0.2, 0.25) is 0 Å². The van der Waals surface area contributed by atoms with Crippen LogP contribution in [0.3, 0.4) is 0 Å². The summed E-state index contributed by atoms with van der Waals surface area (Å²) in [4.78, 5) is 16.0. The van der Waals surface area contributed by atoms with Gasteiger partial charge in [0.15, 0.2) is 0 Å². The molecule has 0 radical (unpaired) electrons. The molecule has 1 aromatic carbocycles. The van der Waals surface area contributed by atoms with Crippen LogP contribution in [0, 0.1) is 20.8 Å². The Kier molecular flexibility index (Phi) is 4.93. The molecule has 0 bridgehead atoms. The van der Waals surface area contributed by atoms with Gasteiger partial charge in [0, 0.05) is 24.6 Å². The molecule has 2 N–H and O–H groups in total. The molecule has 2 rings (SSSR count). The van der Waals surface area contributed by atoms with Crippen LogP contribution in [-0.4, -0.2) is 17.6 Å². The van der Waals surface area contributed by atoms with Crippen LogP contribution >= 0.6 is 0 Å². The number of hydrogen-bond donors (Lipinski definition) is 2. The van der Waals surface area contributed by atoms with Crippen molar-refractivity contribution in [2.45, 2.75) is 27.2 Å². The van der Waals surface area contributed by atoms with Gasteiger partial charge in [-0.25, -0.2) is 4.79 Å². The van der Waals surface area contributed by atoms with E-state index in [1.54, 1.807) is 6.20 Å². The molecule has 0 saturated heterocycles. The lowest BCUT2D eigenvalue weighted by Crippen LogP contribution is -2.31. The van der Waals surface area contributed by atoms with Gasteiger partial charge in [0.05, 0.1) is 0 Å². The highest BCUT2D eigenvalue weighted by molar-refractivity contribution is 5.91. The maximum atomic E-state index is 12.0. The van der Waals surface area contributed by atoms with Crippen molar-refractivity contribution in [1.82, 2.24) is 10.3 Å². The Morgan fingerprint density at radius 3 is 2.52 bits per heavy atom. The number of aromatic nitrogens is 1. The smallest absolute Gasteiger partial charge is 0.319 e. The quantitative estimate of drug-likeness (QED) is 0.904. The molecular formula is C17H21N3O. The predicted octanol–water partition coefficient (Wildman–Crippen LogP) is 3.37. The molecule has 0 unspecified atom stereocenters. The summed E-state index contributed by atoms with van der Waals surface area (Å²) in [5, 5.41) is 5.80. The zero-order chi connectivity index (χ0) is 15.2. The Labute approximate surface area is 125 Å². The van der Waals surface area contributed by atoms with Crippen LogP contribution in [0.25, 0.3) is 0 Å². The van der Waals surface area contributed by atoms with Gasteiger partial charge in [0.25, 0.3) is 0 Å². The second kappa shape index (κ2) is 6.88. The Hall–Kier alpha value is -2.36. The van der Waals surface area contributed by atoms with E-state index in [0.29, 0.717) is 6.54 Å². The molecule has 0 aliphatic rings. The lowest BCUT2D eigenvalue weighted by Gasteiger charge is -2.13. The zero-order valence-corrected chi connectivity index (χ0v) is 12.7. The fourth-order valence-corrected chi connectivity index (χ4v) is 2.40. The molecule has 2 aromatic rings. The Balaban J connectivity index is 1.88. The van der Waals surface area contributed by atoms with Crippen molar-refractivity contribution in [3.05, 3.63) is 58.9 Å². The van der Waals surface area contributed by atoms with Crippen LogP contribution < -0.4 is 10.6 Å².